The third-order valence-corrected chi connectivity index (χ3v) is 3.93. The maximum Gasteiger partial charge on any atom is 0.333 e. The summed E-state index contributed by atoms with van der Waals surface area (Å²) in [6.45, 7) is 0. The molecule has 134 valence electrons. The van der Waals surface area contributed by atoms with E-state index in [0.717, 1.165) is 4.90 Å². The summed E-state index contributed by atoms with van der Waals surface area (Å²) in [4.78, 5) is 26.0. The Morgan fingerprint density at radius 3 is 2.19 bits per heavy atom. The van der Waals surface area contributed by atoms with Crippen LogP contribution in [0.25, 0.3) is 6.08 Å². The van der Waals surface area contributed by atoms with E-state index in [-0.39, 0.29) is 5.70 Å². The van der Waals surface area contributed by atoms with Gasteiger partial charge in [0.1, 0.15) is 5.70 Å². The molecular formula is C19H18N2O5. The molecule has 0 spiro atoms. The number of amides is 3. The van der Waals surface area contributed by atoms with Gasteiger partial charge in [-0.3, -0.25) is 4.79 Å². The van der Waals surface area contributed by atoms with Crippen LogP contribution in [0.15, 0.2) is 48.2 Å². The molecule has 0 unspecified atom stereocenters. The summed E-state index contributed by atoms with van der Waals surface area (Å²) in [6, 6.07) is 11.6. The lowest BCUT2D eigenvalue weighted by Gasteiger charge is -2.14. The lowest BCUT2D eigenvalue weighted by atomic mass is 10.1. The van der Waals surface area contributed by atoms with Crippen LogP contribution >= 0.6 is 0 Å². The Kier molecular flexibility index (Phi) is 4.79. The normalized spacial score (nSPS) is 15.2. The quantitative estimate of drug-likeness (QED) is 0.660. The molecule has 2 aromatic rings. The molecule has 26 heavy (non-hydrogen) atoms. The molecule has 1 aliphatic heterocycles. The lowest BCUT2D eigenvalue weighted by molar-refractivity contribution is -0.113. The Balaban J connectivity index is 2.01. The average molecular weight is 354 g/mol. The minimum absolute atomic E-state index is 0.143. The zero-order chi connectivity index (χ0) is 18.7. The Morgan fingerprint density at radius 1 is 0.885 bits per heavy atom. The minimum Gasteiger partial charge on any atom is -0.493 e. The molecule has 0 aliphatic carbocycles. The van der Waals surface area contributed by atoms with Crippen molar-refractivity contribution in [3.05, 3.63) is 53.7 Å². The topological polar surface area (TPSA) is 77.1 Å². The molecule has 0 radical (unpaired) electrons. The van der Waals surface area contributed by atoms with Crippen LogP contribution in [0.1, 0.15) is 5.56 Å². The highest BCUT2D eigenvalue weighted by Crippen LogP contribution is 2.40. The van der Waals surface area contributed by atoms with Crippen LogP contribution in [0.2, 0.25) is 0 Å². The fourth-order valence-electron chi connectivity index (χ4n) is 2.74. The van der Waals surface area contributed by atoms with Crippen LogP contribution in [0, 0.1) is 0 Å². The standard InChI is InChI=1S/C19H18N2O5/c1-24-15-10-9-12(16(25-2)17(15)26-3)11-14-18(22)21(19(23)20-14)13-7-5-4-6-8-13/h4-11H,1-3H3,(H,20,23)/b14-11+. The fraction of sp³-hybridized carbons (Fsp3) is 0.158. The zero-order valence-corrected chi connectivity index (χ0v) is 14.6. The van der Waals surface area contributed by atoms with E-state index in [1.165, 1.54) is 21.3 Å². The first-order valence-corrected chi connectivity index (χ1v) is 7.81. The molecule has 0 bridgehead atoms. The van der Waals surface area contributed by atoms with Crippen LogP contribution in [-0.2, 0) is 4.79 Å². The summed E-state index contributed by atoms with van der Waals surface area (Å²) in [5.41, 5.74) is 1.21. The van der Waals surface area contributed by atoms with E-state index in [1.807, 2.05) is 6.07 Å². The number of anilines is 1. The average Bonchev–Trinajstić information content (AvgIpc) is 2.95. The smallest absolute Gasteiger partial charge is 0.333 e. The first-order chi connectivity index (χ1) is 12.6. The van der Waals surface area contributed by atoms with Crippen molar-refractivity contribution in [2.75, 3.05) is 26.2 Å². The number of carbonyl (C=O) groups excluding carboxylic acids is 2. The summed E-state index contributed by atoms with van der Waals surface area (Å²) in [7, 11) is 4.51. The second kappa shape index (κ2) is 7.18. The zero-order valence-electron chi connectivity index (χ0n) is 14.6. The van der Waals surface area contributed by atoms with Gasteiger partial charge < -0.3 is 19.5 Å². The van der Waals surface area contributed by atoms with Gasteiger partial charge in [0, 0.05) is 5.56 Å². The molecule has 7 nitrogen and oxygen atoms in total. The molecule has 3 rings (SSSR count). The number of hydrogen-bond donors (Lipinski definition) is 1. The highest BCUT2D eigenvalue weighted by Gasteiger charge is 2.35. The number of ether oxygens (including phenoxy) is 3. The first kappa shape index (κ1) is 17.3. The van der Waals surface area contributed by atoms with Crippen molar-refractivity contribution < 1.29 is 23.8 Å². The van der Waals surface area contributed by atoms with Gasteiger partial charge >= 0.3 is 6.03 Å². The summed E-state index contributed by atoms with van der Waals surface area (Å²) in [5.74, 6) is 0.859. The van der Waals surface area contributed by atoms with Gasteiger partial charge in [0.15, 0.2) is 11.5 Å². The van der Waals surface area contributed by atoms with E-state index >= 15 is 0 Å². The molecule has 1 fully saturated rings. The van der Waals surface area contributed by atoms with Crippen LogP contribution < -0.4 is 24.4 Å². The summed E-state index contributed by atoms with van der Waals surface area (Å²) < 4.78 is 16.0. The Hall–Kier alpha value is -3.48. The third-order valence-electron chi connectivity index (χ3n) is 3.93. The molecular weight excluding hydrogens is 336 g/mol. The number of para-hydroxylation sites is 1. The number of benzene rings is 2. The van der Waals surface area contributed by atoms with Gasteiger partial charge in [0.25, 0.3) is 5.91 Å². The highest BCUT2D eigenvalue weighted by molar-refractivity contribution is 6.28. The van der Waals surface area contributed by atoms with E-state index in [9.17, 15) is 9.59 Å². The molecule has 0 atom stereocenters. The SMILES string of the molecule is COc1ccc(/C=C2/NC(=O)N(c3ccccc3)C2=O)c(OC)c1OC. The van der Waals surface area contributed by atoms with Gasteiger partial charge in [0.05, 0.1) is 27.0 Å². The number of rotatable bonds is 5. The number of nitrogens with zero attached hydrogens (tertiary/aromatic N) is 1. The predicted molar refractivity (Wildman–Crippen MR) is 96.5 cm³/mol. The Labute approximate surface area is 150 Å². The molecule has 7 heteroatoms. The molecule has 1 aliphatic rings. The van der Waals surface area contributed by atoms with E-state index in [4.69, 9.17) is 14.2 Å². The van der Waals surface area contributed by atoms with Gasteiger partial charge in [-0.25, -0.2) is 9.69 Å². The summed E-state index contributed by atoms with van der Waals surface area (Å²) in [5, 5.41) is 2.59. The van der Waals surface area contributed by atoms with Crippen molar-refractivity contribution in [3.8, 4) is 17.2 Å². The summed E-state index contributed by atoms with van der Waals surface area (Å²) in [6.07, 6.45) is 1.55. The second-order valence-corrected chi connectivity index (χ2v) is 5.39. The molecule has 2 aromatic carbocycles. The fourth-order valence-corrected chi connectivity index (χ4v) is 2.74. The molecule has 1 saturated heterocycles. The van der Waals surface area contributed by atoms with Crippen LogP contribution in [-0.4, -0.2) is 33.3 Å². The number of carbonyl (C=O) groups is 2. The maximum atomic E-state index is 12.7. The summed E-state index contributed by atoms with van der Waals surface area (Å²) >= 11 is 0. The number of nitrogens with one attached hydrogen (secondary N) is 1. The van der Waals surface area contributed by atoms with Crippen molar-refractivity contribution in [2.24, 2.45) is 0 Å². The van der Waals surface area contributed by atoms with Crippen molar-refractivity contribution >= 4 is 23.7 Å². The lowest BCUT2D eigenvalue weighted by Crippen LogP contribution is -2.30. The van der Waals surface area contributed by atoms with Gasteiger partial charge in [-0.05, 0) is 30.3 Å². The van der Waals surface area contributed by atoms with Crippen molar-refractivity contribution in [1.82, 2.24) is 5.32 Å². The number of methoxy groups -OCH3 is 3. The molecule has 0 aromatic heterocycles. The van der Waals surface area contributed by atoms with E-state index in [0.29, 0.717) is 28.5 Å². The number of hydrogen-bond acceptors (Lipinski definition) is 5. The van der Waals surface area contributed by atoms with Crippen LogP contribution in [0.4, 0.5) is 10.5 Å². The van der Waals surface area contributed by atoms with Crippen LogP contribution in [0.3, 0.4) is 0 Å². The minimum atomic E-state index is -0.508. The maximum absolute atomic E-state index is 12.7. The monoisotopic (exact) mass is 354 g/mol. The second-order valence-electron chi connectivity index (χ2n) is 5.39. The largest absolute Gasteiger partial charge is 0.493 e. The van der Waals surface area contributed by atoms with Crippen molar-refractivity contribution in [2.45, 2.75) is 0 Å². The van der Waals surface area contributed by atoms with Gasteiger partial charge in [-0.2, -0.15) is 0 Å². The molecule has 0 saturated carbocycles. The number of imide groups is 1. The Bertz CT molecular complexity index is 877. The van der Waals surface area contributed by atoms with Gasteiger partial charge in [-0.1, -0.05) is 18.2 Å². The van der Waals surface area contributed by atoms with E-state index in [1.54, 1.807) is 42.5 Å². The van der Waals surface area contributed by atoms with Crippen molar-refractivity contribution in [1.29, 1.82) is 0 Å². The highest BCUT2D eigenvalue weighted by atomic mass is 16.5. The first-order valence-electron chi connectivity index (χ1n) is 7.81. The van der Waals surface area contributed by atoms with E-state index in [2.05, 4.69) is 5.32 Å². The molecule has 3 amide bonds. The molecule has 1 heterocycles. The third kappa shape index (κ3) is 2.95. The van der Waals surface area contributed by atoms with E-state index < -0.39 is 11.9 Å². The Morgan fingerprint density at radius 2 is 1.58 bits per heavy atom. The van der Waals surface area contributed by atoms with Gasteiger partial charge in [-0.15, -0.1) is 0 Å². The number of urea groups is 1. The van der Waals surface area contributed by atoms with Crippen molar-refractivity contribution in [3.63, 3.8) is 0 Å². The van der Waals surface area contributed by atoms with Crippen LogP contribution in [0.5, 0.6) is 17.2 Å². The molecule has 1 N–H and O–H groups in total. The van der Waals surface area contributed by atoms with Gasteiger partial charge in [0.2, 0.25) is 5.75 Å². The predicted octanol–water partition coefficient (Wildman–Crippen LogP) is 2.81.